The molecule has 98 valence electrons. The lowest BCUT2D eigenvalue weighted by molar-refractivity contribution is -0.141. The van der Waals surface area contributed by atoms with Crippen LogP contribution < -0.4 is 10.6 Å². The van der Waals surface area contributed by atoms with Crippen LogP contribution in [0.2, 0.25) is 0 Å². The van der Waals surface area contributed by atoms with Crippen molar-refractivity contribution < 1.29 is 19.8 Å². The first-order valence-corrected chi connectivity index (χ1v) is 5.56. The molecule has 0 saturated carbocycles. The summed E-state index contributed by atoms with van der Waals surface area (Å²) < 4.78 is 0. The van der Waals surface area contributed by atoms with E-state index < -0.39 is 24.1 Å². The molecule has 0 bridgehead atoms. The van der Waals surface area contributed by atoms with E-state index in [1.54, 1.807) is 0 Å². The molecule has 1 fully saturated rings. The number of likely N-dealkylation sites (tertiary alicyclic amines) is 1. The molecule has 0 radical (unpaired) electrons. The highest BCUT2D eigenvalue weighted by atomic mass is 16.4. The van der Waals surface area contributed by atoms with E-state index in [4.69, 9.17) is 5.11 Å². The fraction of sp³-hybridized carbons (Fsp3) is 0.800. The number of carbonyl (C=O) groups is 2. The number of aliphatic hydroxyl groups is 1. The second-order valence-electron chi connectivity index (χ2n) is 4.42. The summed E-state index contributed by atoms with van der Waals surface area (Å²) in [5.41, 5.74) is 0. The zero-order valence-corrected chi connectivity index (χ0v) is 10.0. The van der Waals surface area contributed by atoms with E-state index in [2.05, 4.69) is 15.5 Å². The number of likely N-dealkylation sites (N-methyl/N-ethyl adjacent to an activating group) is 1. The molecule has 0 aromatic carbocycles. The summed E-state index contributed by atoms with van der Waals surface area (Å²) in [4.78, 5) is 24.3. The van der Waals surface area contributed by atoms with Crippen molar-refractivity contribution in [3.63, 3.8) is 0 Å². The number of hydrogen-bond donors (Lipinski definition) is 4. The molecule has 1 aliphatic rings. The zero-order valence-electron chi connectivity index (χ0n) is 10.0. The van der Waals surface area contributed by atoms with Crippen LogP contribution >= 0.6 is 0 Å². The van der Waals surface area contributed by atoms with E-state index in [1.165, 1.54) is 6.92 Å². The lowest BCUT2D eigenvalue weighted by Gasteiger charge is -2.19. The third kappa shape index (κ3) is 4.20. The molecule has 0 aliphatic carbocycles. The van der Waals surface area contributed by atoms with Crippen molar-refractivity contribution in [2.75, 3.05) is 20.1 Å². The monoisotopic (exact) mass is 245 g/mol. The molecule has 2 amide bonds. The number of carbonyl (C=O) groups excluding carboxylic acids is 1. The first kappa shape index (κ1) is 13.7. The van der Waals surface area contributed by atoms with Crippen molar-refractivity contribution in [3.8, 4) is 0 Å². The average Bonchev–Trinajstić information content (AvgIpc) is 2.59. The Bertz CT molecular complexity index is 295. The molecule has 0 spiro atoms. The van der Waals surface area contributed by atoms with Gasteiger partial charge in [-0.25, -0.2) is 9.59 Å². The van der Waals surface area contributed by atoms with Crippen LogP contribution in [0.1, 0.15) is 13.3 Å². The largest absolute Gasteiger partial charge is 0.480 e. The molecular formula is C10H19N3O4. The SMILES string of the molecule is C[C@@H](O)[C@H](NC(=O)NC1CCN(C)C1)C(=O)O. The lowest BCUT2D eigenvalue weighted by Crippen LogP contribution is -2.53. The molecule has 7 nitrogen and oxygen atoms in total. The van der Waals surface area contributed by atoms with Crippen molar-refractivity contribution in [2.24, 2.45) is 0 Å². The van der Waals surface area contributed by atoms with Gasteiger partial charge in [0, 0.05) is 12.6 Å². The van der Waals surface area contributed by atoms with Gasteiger partial charge in [-0.2, -0.15) is 0 Å². The van der Waals surface area contributed by atoms with Crippen molar-refractivity contribution in [3.05, 3.63) is 0 Å². The highest BCUT2D eigenvalue weighted by Crippen LogP contribution is 2.05. The van der Waals surface area contributed by atoms with Gasteiger partial charge in [0.1, 0.15) is 0 Å². The van der Waals surface area contributed by atoms with Gasteiger partial charge in [-0.1, -0.05) is 0 Å². The Morgan fingerprint density at radius 3 is 2.53 bits per heavy atom. The smallest absolute Gasteiger partial charge is 0.328 e. The molecule has 17 heavy (non-hydrogen) atoms. The second kappa shape index (κ2) is 5.83. The predicted molar refractivity (Wildman–Crippen MR) is 60.7 cm³/mol. The van der Waals surface area contributed by atoms with Gasteiger partial charge in [-0.3, -0.25) is 0 Å². The minimum atomic E-state index is -1.28. The second-order valence-corrected chi connectivity index (χ2v) is 4.42. The maximum atomic E-state index is 11.5. The van der Waals surface area contributed by atoms with E-state index in [0.717, 1.165) is 19.5 Å². The molecular weight excluding hydrogens is 226 g/mol. The Hall–Kier alpha value is -1.34. The average molecular weight is 245 g/mol. The Kier molecular flexibility index (Phi) is 4.71. The van der Waals surface area contributed by atoms with Crippen LogP contribution in [0.5, 0.6) is 0 Å². The first-order valence-electron chi connectivity index (χ1n) is 5.56. The quantitative estimate of drug-likeness (QED) is 0.499. The van der Waals surface area contributed by atoms with Crippen molar-refractivity contribution in [2.45, 2.75) is 31.5 Å². The first-order chi connectivity index (χ1) is 7.90. The number of hydrogen-bond acceptors (Lipinski definition) is 4. The maximum absolute atomic E-state index is 11.5. The van der Waals surface area contributed by atoms with Gasteiger partial charge in [0.2, 0.25) is 0 Å². The Morgan fingerprint density at radius 1 is 1.47 bits per heavy atom. The third-order valence-corrected chi connectivity index (χ3v) is 2.76. The van der Waals surface area contributed by atoms with Gasteiger partial charge < -0.3 is 25.7 Å². The molecule has 1 aliphatic heterocycles. The van der Waals surface area contributed by atoms with Gasteiger partial charge in [-0.15, -0.1) is 0 Å². The Morgan fingerprint density at radius 2 is 2.12 bits per heavy atom. The number of aliphatic carboxylic acids is 1. The van der Waals surface area contributed by atoms with Crippen LogP contribution in [0.15, 0.2) is 0 Å². The number of urea groups is 1. The highest BCUT2D eigenvalue weighted by molar-refractivity contribution is 5.83. The number of aliphatic hydroxyl groups excluding tert-OH is 1. The molecule has 1 saturated heterocycles. The van der Waals surface area contributed by atoms with Crippen LogP contribution in [0, 0.1) is 0 Å². The maximum Gasteiger partial charge on any atom is 0.328 e. The minimum absolute atomic E-state index is 0.0310. The van der Waals surface area contributed by atoms with Crippen LogP contribution in [0.25, 0.3) is 0 Å². The molecule has 1 heterocycles. The van der Waals surface area contributed by atoms with E-state index in [9.17, 15) is 14.7 Å². The highest BCUT2D eigenvalue weighted by Gasteiger charge is 2.27. The van der Waals surface area contributed by atoms with E-state index in [0.29, 0.717) is 0 Å². The van der Waals surface area contributed by atoms with Crippen molar-refractivity contribution in [1.82, 2.24) is 15.5 Å². The summed E-state index contributed by atoms with van der Waals surface area (Å²) >= 11 is 0. The summed E-state index contributed by atoms with van der Waals surface area (Å²) in [5.74, 6) is -1.25. The Balaban J connectivity index is 2.40. The normalized spacial score (nSPS) is 24.1. The van der Waals surface area contributed by atoms with Gasteiger partial charge in [-0.05, 0) is 26.9 Å². The standard InChI is InChI=1S/C10H19N3O4/c1-6(14)8(9(15)16)12-10(17)11-7-3-4-13(2)5-7/h6-8,14H,3-5H2,1-2H3,(H,15,16)(H2,11,12,17)/t6-,7?,8+/m1/s1. The third-order valence-electron chi connectivity index (χ3n) is 2.76. The summed E-state index contributed by atoms with van der Waals surface area (Å²) in [5, 5.41) is 22.9. The van der Waals surface area contributed by atoms with Crippen LogP contribution in [-0.2, 0) is 4.79 Å². The molecule has 4 N–H and O–H groups in total. The van der Waals surface area contributed by atoms with Crippen molar-refractivity contribution >= 4 is 12.0 Å². The van der Waals surface area contributed by atoms with Crippen molar-refractivity contribution in [1.29, 1.82) is 0 Å². The number of carboxylic acids is 1. The predicted octanol–water partition coefficient (Wildman–Crippen LogP) is -1.18. The summed E-state index contributed by atoms with van der Waals surface area (Å²) in [6.45, 7) is 2.98. The molecule has 0 aromatic heterocycles. The molecule has 7 heteroatoms. The van der Waals surface area contributed by atoms with Gasteiger partial charge in [0.25, 0.3) is 0 Å². The molecule has 1 rings (SSSR count). The van der Waals surface area contributed by atoms with Crippen LogP contribution in [-0.4, -0.2) is 65.4 Å². The summed E-state index contributed by atoms with van der Waals surface area (Å²) in [6.07, 6.45) is -0.291. The topological polar surface area (TPSA) is 102 Å². The number of rotatable bonds is 4. The number of carboxylic acid groups (broad SMARTS) is 1. The number of nitrogens with zero attached hydrogens (tertiary/aromatic N) is 1. The van der Waals surface area contributed by atoms with E-state index in [-0.39, 0.29) is 6.04 Å². The summed E-state index contributed by atoms with van der Waals surface area (Å²) in [6, 6.07) is -1.81. The van der Waals surface area contributed by atoms with E-state index in [1.807, 2.05) is 7.05 Å². The number of nitrogens with one attached hydrogen (secondary N) is 2. The minimum Gasteiger partial charge on any atom is -0.480 e. The molecule has 3 atom stereocenters. The van der Waals surface area contributed by atoms with Gasteiger partial charge in [0.15, 0.2) is 6.04 Å². The fourth-order valence-corrected chi connectivity index (χ4v) is 1.81. The van der Waals surface area contributed by atoms with Crippen LogP contribution in [0.4, 0.5) is 4.79 Å². The lowest BCUT2D eigenvalue weighted by atomic mass is 10.2. The molecule has 0 aromatic rings. The Labute approximate surface area is 99.8 Å². The zero-order chi connectivity index (χ0) is 13.0. The van der Waals surface area contributed by atoms with Crippen LogP contribution in [0.3, 0.4) is 0 Å². The van der Waals surface area contributed by atoms with E-state index >= 15 is 0 Å². The summed E-state index contributed by atoms with van der Waals surface area (Å²) in [7, 11) is 1.95. The molecule has 1 unspecified atom stereocenters. The van der Waals surface area contributed by atoms with Gasteiger partial charge >= 0.3 is 12.0 Å². The van der Waals surface area contributed by atoms with Gasteiger partial charge in [0.05, 0.1) is 6.10 Å². The number of amides is 2. The fourth-order valence-electron chi connectivity index (χ4n) is 1.81.